The largest absolute Gasteiger partial charge is 0.497 e. The van der Waals surface area contributed by atoms with E-state index in [9.17, 15) is 23.3 Å². The van der Waals surface area contributed by atoms with E-state index >= 15 is 0 Å². The summed E-state index contributed by atoms with van der Waals surface area (Å²) in [6.07, 6.45) is -0.275. The molecule has 3 aromatic rings. The fraction of sp³-hybridized carbons (Fsp3) is 0.222. The van der Waals surface area contributed by atoms with Gasteiger partial charge in [-0.05, 0) is 30.3 Å². The molecule has 1 aromatic heterocycles. The maximum absolute atomic E-state index is 12.4. The van der Waals surface area contributed by atoms with Gasteiger partial charge in [0.1, 0.15) is 5.75 Å². The first kappa shape index (κ1) is 20.7. The number of aryl methyl sites for hydroxylation is 1. The number of thiazole rings is 1. The standard InChI is InChI=1S/C18H17N3O6S2/c1-20-15-8-3-12(21(23)24)11-16(15)28-18(20)19-17(22)9-10-29(25,26)14-6-4-13(27-2)5-7-14/h3-8,11H,9-10H2,1-2H3. The van der Waals surface area contributed by atoms with Crippen LogP contribution >= 0.6 is 11.3 Å². The highest BCUT2D eigenvalue weighted by atomic mass is 32.2. The van der Waals surface area contributed by atoms with E-state index in [4.69, 9.17) is 4.74 Å². The van der Waals surface area contributed by atoms with E-state index in [-0.39, 0.29) is 22.8 Å². The summed E-state index contributed by atoms with van der Waals surface area (Å²) < 4.78 is 32.0. The SMILES string of the molecule is COc1ccc(S(=O)(=O)CCC(=O)N=c2sc3cc([N+](=O)[O-])ccc3n2C)cc1. The monoisotopic (exact) mass is 435 g/mol. The van der Waals surface area contributed by atoms with Gasteiger partial charge in [-0.25, -0.2) is 8.42 Å². The van der Waals surface area contributed by atoms with Crippen molar-refractivity contribution in [2.45, 2.75) is 11.3 Å². The summed E-state index contributed by atoms with van der Waals surface area (Å²) in [5.74, 6) is -0.423. The highest BCUT2D eigenvalue weighted by molar-refractivity contribution is 7.91. The Morgan fingerprint density at radius 3 is 2.55 bits per heavy atom. The molecule has 0 N–H and O–H groups in total. The molecular formula is C18H17N3O6S2. The number of nitrogens with zero attached hydrogens (tertiary/aromatic N) is 3. The molecule has 0 saturated heterocycles. The van der Waals surface area contributed by atoms with E-state index in [2.05, 4.69) is 4.99 Å². The molecule has 152 valence electrons. The third-order valence-corrected chi connectivity index (χ3v) is 7.05. The maximum Gasteiger partial charge on any atom is 0.270 e. The highest BCUT2D eigenvalue weighted by Crippen LogP contribution is 2.22. The van der Waals surface area contributed by atoms with Crippen LogP contribution in [0, 0.1) is 10.1 Å². The summed E-state index contributed by atoms with van der Waals surface area (Å²) >= 11 is 1.13. The first-order chi connectivity index (χ1) is 13.7. The normalized spacial score (nSPS) is 12.3. The zero-order valence-corrected chi connectivity index (χ0v) is 17.2. The van der Waals surface area contributed by atoms with E-state index in [1.54, 1.807) is 17.7 Å². The number of nitro groups is 1. The fourth-order valence-corrected chi connectivity index (χ4v) is 4.93. The Labute approximate surface area is 170 Å². The third kappa shape index (κ3) is 4.51. The van der Waals surface area contributed by atoms with Crippen LogP contribution in [0.3, 0.4) is 0 Å². The van der Waals surface area contributed by atoms with Crippen molar-refractivity contribution in [3.8, 4) is 5.75 Å². The Bertz CT molecular complexity index is 1260. The van der Waals surface area contributed by atoms with Crippen LogP contribution in [0.4, 0.5) is 5.69 Å². The molecule has 0 fully saturated rings. The van der Waals surface area contributed by atoms with Crippen molar-refractivity contribution in [2.24, 2.45) is 12.0 Å². The molecule has 0 aliphatic heterocycles. The molecule has 0 aliphatic rings. The number of sulfone groups is 1. The van der Waals surface area contributed by atoms with Crippen molar-refractivity contribution < 1.29 is 22.9 Å². The second-order valence-electron chi connectivity index (χ2n) is 6.10. The molecule has 0 atom stereocenters. The molecule has 1 amide bonds. The molecule has 3 rings (SSSR count). The van der Waals surface area contributed by atoms with Gasteiger partial charge < -0.3 is 9.30 Å². The molecule has 9 nitrogen and oxygen atoms in total. The average Bonchev–Trinajstić information content (AvgIpc) is 3.01. The molecule has 0 radical (unpaired) electrons. The third-order valence-electron chi connectivity index (χ3n) is 4.23. The molecule has 0 saturated carbocycles. The molecular weight excluding hydrogens is 418 g/mol. The van der Waals surface area contributed by atoms with Crippen molar-refractivity contribution >= 4 is 43.0 Å². The van der Waals surface area contributed by atoms with Crippen molar-refractivity contribution in [3.63, 3.8) is 0 Å². The number of carbonyl (C=O) groups excluding carboxylic acids is 1. The van der Waals surface area contributed by atoms with Gasteiger partial charge in [-0.3, -0.25) is 14.9 Å². The zero-order valence-electron chi connectivity index (χ0n) is 15.6. The van der Waals surface area contributed by atoms with Gasteiger partial charge in [0.15, 0.2) is 14.6 Å². The Hall–Kier alpha value is -3.05. The predicted octanol–water partition coefficient (Wildman–Crippen LogP) is 2.45. The van der Waals surface area contributed by atoms with Crippen LogP contribution in [0.5, 0.6) is 5.75 Å². The molecule has 2 aromatic carbocycles. The Balaban J connectivity index is 1.79. The number of methoxy groups -OCH3 is 1. The zero-order chi connectivity index (χ0) is 21.2. The second-order valence-corrected chi connectivity index (χ2v) is 9.22. The Kier molecular flexibility index (Phi) is 5.80. The van der Waals surface area contributed by atoms with E-state index in [1.165, 1.54) is 43.5 Å². The van der Waals surface area contributed by atoms with Gasteiger partial charge in [-0.15, -0.1) is 0 Å². The summed E-state index contributed by atoms with van der Waals surface area (Å²) in [6.45, 7) is 0. The minimum absolute atomic E-state index is 0.0530. The van der Waals surface area contributed by atoms with Crippen molar-refractivity contribution in [1.82, 2.24) is 4.57 Å². The number of amides is 1. The van der Waals surface area contributed by atoms with Gasteiger partial charge in [0, 0.05) is 25.6 Å². The number of nitro benzene ring substituents is 1. The second kappa shape index (κ2) is 8.13. The van der Waals surface area contributed by atoms with Crippen LogP contribution in [0.15, 0.2) is 52.4 Å². The minimum atomic E-state index is -3.64. The summed E-state index contributed by atoms with van der Waals surface area (Å²) in [5.41, 5.74) is 0.640. The lowest BCUT2D eigenvalue weighted by atomic mass is 10.3. The fourth-order valence-electron chi connectivity index (χ4n) is 2.63. The van der Waals surface area contributed by atoms with Crippen LogP contribution < -0.4 is 9.54 Å². The number of benzene rings is 2. The number of hydrogen-bond donors (Lipinski definition) is 0. The van der Waals surface area contributed by atoms with E-state index in [1.807, 2.05) is 0 Å². The van der Waals surface area contributed by atoms with E-state index < -0.39 is 20.7 Å². The number of rotatable bonds is 6. The average molecular weight is 435 g/mol. The van der Waals surface area contributed by atoms with Gasteiger partial charge >= 0.3 is 0 Å². The quantitative estimate of drug-likeness (QED) is 0.433. The lowest BCUT2D eigenvalue weighted by Crippen LogP contribution is -2.15. The number of hydrogen-bond acceptors (Lipinski definition) is 7. The number of fused-ring (bicyclic) bond motifs is 1. The maximum atomic E-state index is 12.4. The number of aromatic nitrogens is 1. The predicted molar refractivity (Wildman–Crippen MR) is 108 cm³/mol. The van der Waals surface area contributed by atoms with Gasteiger partial charge in [-0.2, -0.15) is 4.99 Å². The molecule has 11 heteroatoms. The van der Waals surface area contributed by atoms with Crippen molar-refractivity contribution in [1.29, 1.82) is 0 Å². The van der Waals surface area contributed by atoms with Gasteiger partial charge in [-0.1, -0.05) is 11.3 Å². The van der Waals surface area contributed by atoms with Crippen LogP contribution in [-0.4, -0.2) is 36.7 Å². The molecule has 29 heavy (non-hydrogen) atoms. The smallest absolute Gasteiger partial charge is 0.270 e. The Morgan fingerprint density at radius 1 is 1.24 bits per heavy atom. The number of ether oxygens (including phenoxy) is 1. The highest BCUT2D eigenvalue weighted by Gasteiger charge is 2.17. The molecule has 0 bridgehead atoms. The van der Waals surface area contributed by atoms with Crippen LogP contribution in [0.25, 0.3) is 10.2 Å². The van der Waals surface area contributed by atoms with E-state index in [0.717, 1.165) is 11.3 Å². The molecule has 1 heterocycles. The van der Waals surface area contributed by atoms with Gasteiger partial charge in [0.2, 0.25) is 5.91 Å². The van der Waals surface area contributed by atoms with Crippen LogP contribution in [0.2, 0.25) is 0 Å². The molecule has 0 aliphatic carbocycles. The summed E-state index contributed by atoms with van der Waals surface area (Å²) in [5, 5.41) is 10.9. The first-order valence-corrected chi connectivity index (χ1v) is 10.9. The lowest BCUT2D eigenvalue weighted by molar-refractivity contribution is -0.384. The number of carbonyl (C=O) groups is 1. The molecule has 0 spiro atoms. The summed E-state index contributed by atoms with van der Waals surface area (Å²) in [4.78, 5) is 27.1. The van der Waals surface area contributed by atoms with Crippen molar-refractivity contribution in [2.75, 3.05) is 12.9 Å². The van der Waals surface area contributed by atoms with Crippen LogP contribution in [-0.2, 0) is 21.7 Å². The Morgan fingerprint density at radius 2 is 1.93 bits per heavy atom. The van der Waals surface area contributed by atoms with Gasteiger partial charge in [0.25, 0.3) is 5.69 Å². The number of non-ortho nitro benzene ring substituents is 1. The van der Waals surface area contributed by atoms with Crippen molar-refractivity contribution in [3.05, 3.63) is 57.4 Å². The minimum Gasteiger partial charge on any atom is -0.497 e. The lowest BCUT2D eigenvalue weighted by Gasteiger charge is -2.04. The topological polar surface area (TPSA) is 121 Å². The van der Waals surface area contributed by atoms with Crippen LogP contribution in [0.1, 0.15) is 6.42 Å². The van der Waals surface area contributed by atoms with Gasteiger partial charge in [0.05, 0.1) is 32.9 Å². The van der Waals surface area contributed by atoms with E-state index in [0.29, 0.717) is 20.8 Å². The molecule has 0 unspecified atom stereocenters. The summed E-state index contributed by atoms with van der Waals surface area (Å²) in [7, 11) is -0.470. The first-order valence-electron chi connectivity index (χ1n) is 8.39. The summed E-state index contributed by atoms with van der Waals surface area (Å²) in [6, 6.07) is 10.3.